The van der Waals surface area contributed by atoms with E-state index in [2.05, 4.69) is 25.4 Å². The number of rotatable bonds is 5. The van der Waals surface area contributed by atoms with Crippen molar-refractivity contribution in [1.29, 1.82) is 0 Å². The highest BCUT2D eigenvalue weighted by atomic mass is 32.2. The van der Waals surface area contributed by atoms with Gasteiger partial charge in [-0.2, -0.15) is 5.10 Å². The molecule has 1 aromatic carbocycles. The Balaban J connectivity index is 1.75. The molecule has 0 saturated carbocycles. The van der Waals surface area contributed by atoms with Crippen molar-refractivity contribution in [3.05, 3.63) is 53.5 Å². The third-order valence-electron chi connectivity index (χ3n) is 3.44. The van der Waals surface area contributed by atoms with E-state index in [4.69, 9.17) is 4.52 Å². The molecular weight excluding hydrogens is 342 g/mol. The molecular formula is C16H17N5O3S. The first-order chi connectivity index (χ1) is 11.8. The molecule has 3 aromatic rings. The number of sulfonamides is 1. The molecule has 0 amide bonds. The van der Waals surface area contributed by atoms with Crippen molar-refractivity contribution in [2.24, 2.45) is 0 Å². The first-order valence-corrected chi connectivity index (χ1v) is 8.96. The Morgan fingerprint density at radius 3 is 2.16 bits per heavy atom. The van der Waals surface area contributed by atoms with E-state index in [0.717, 1.165) is 11.4 Å². The van der Waals surface area contributed by atoms with Crippen LogP contribution in [0, 0.1) is 20.8 Å². The zero-order valence-electron chi connectivity index (χ0n) is 13.9. The fourth-order valence-electron chi connectivity index (χ4n) is 2.30. The molecule has 0 aliphatic rings. The van der Waals surface area contributed by atoms with Gasteiger partial charge in [0.15, 0.2) is 16.5 Å². The summed E-state index contributed by atoms with van der Waals surface area (Å²) in [6.45, 7) is 5.00. The van der Waals surface area contributed by atoms with Crippen molar-refractivity contribution < 1.29 is 12.9 Å². The highest BCUT2D eigenvalue weighted by Crippen LogP contribution is 2.23. The Morgan fingerprint density at radius 1 is 0.920 bits per heavy atom. The van der Waals surface area contributed by atoms with E-state index in [0.29, 0.717) is 17.2 Å². The molecule has 0 aliphatic carbocycles. The van der Waals surface area contributed by atoms with Crippen LogP contribution in [0.1, 0.15) is 17.1 Å². The van der Waals surface area contributed by atoms with Gasteiger partial charge in [0.25, 0.3) is 10.0 Å². The molecule has 8 nitrogen and oxygen atoms in total. The molecule has 0 radical (unpaired) electrons. The van der Waals surface area contributed by atoms with Crippen LogP contribution in [-0.4, -0.2) is 23.8 Å². The molecule has 2 aromatic heterocycles. The largest absolute Gasteiger partial charge is 0.360 e. The second-order valence-corrected chi connectivity index (χ2v) is 7.14. The molecule has 0 aliphatic heterocycles. The van der Waals surface area contributed by atoms with Gasteiger partial charge in [0.2, 0.25) is 0 Å². The maximum atomic E-state index is 12.5. The summed E-state index contributed by atoms with van der Waals surface area (Å²) in [5.74, 6) is 0.857. The lowest BCUT2D eigenvalue weighted by Crippen LogP contribution is -2.14. The monoisotopic (exact) mass is 359 g/mol. The number of nitrogens with zero attached hydrogens (tertiary/aromatic N) is 3. The summed E-state index contributed by atoms with van der Waals surface area (Å²) in [5, 5.41) is 14.8. The lowest BCUT2D eigenvalue weighted by Gasteiger charge is -2.09. The first kappa shape index (κ1) is 16.9. The molecule has 2 N–H and O–H groups in total. The van der Waals surface area contributed by atoms with Gasteiger partial charge in [-0.05, 0) is 57.2 Å². The number of hydrogen-bond acceptors (Lipinski definition) is 7. The average Bonchev–Trinajstić information content (AvgIpc) is 2.91. The van der Waals surface area contributed by atoms with Crippen molar-refractivity contribution in [3.63, 3.8) is 0 Å². The van der Waals surface area contributed by atoms with Crippen molar-refractivity contribution in [2.75, 3.05) is 10.0 Å². The van der Waals surface area contributed by atoms with Gasteiger partial charge in [0, 0.05) is 11.4 Å². The minimum atomic E-state index is -3.76. The van der Waals surface area contributed by atoms with Gasteiger partial charge < -0.3 is 9.84 Å². The standard InChI is InChI=1S/C16H17N5O3S/c1-10-4-9-15(19-18-10)17-13-5-7-14(8-6-13)21-25(22,23)16-11(2)20-24-12(16)3/h4-9,21H,1-3H3,(H,17,19). The Labute approximate surface area is 145 Å². The number of aryl methyl sites for hydroxylation is 3. The number of anilines is 3. The zero-order chi connectivity index (χ0) is 18.0. The van der Waals surface area contributed by atoms with Crippen LogP contribution in [0.5, 0.6) is 0 Å². The summed E-state index contributed by atoms with van der Waals surface area (Å²) < 4.78 is 32.4. The van der Waals surface area contributed by atoms with Crippen LogP contribution in [0.3, 0.4) is 0 Å². The van der Waals surface area contributed by atoms with E-state index >= 15 is 0 Å². The molecule has 0 spiro atoms. The van der Waals surface area contributed by atoms with Crippen molar-refractivity contribution in [2.45, 2.75) is 25.7 Å². The molecule has 0 fully saturated rings. The molecule has 25 heavy (non-hydrogen) atoms. The number of hydrogen-bond donors (Lipinski definition) is 2. The van der Waals surface area contributed by atoms with Crippen LogP contribution in [-0.2, 0) is 10.0 Å². The molecule has 0 unspecified atom stereocenters. The van der Waals surface area contributed by atoms with E-state index in [-0.39, 0.29) is 10.7 Å². The highest BCUT2D eigenvalue weighted by molar-refractivity contribution is 7.92. The first-order valence-electron chi connectivity index (χ1n) is 7.48. The summed E-state index contributed by atoms with van der Waals surface area (Å²) in [6, 6.07) is 10.5. The molecule has 2 heterocycles. The van der Waals surface area contributed by atoms with Gasteiger partial charge in [-0.15, -0.1) is 5.10 Å². The van der Waals surface area contributed by atoms with Crippen LogP contribution < -0.4 is 10.0 Å². The average molecular weight is 359 g/mol. The molecule has 0 saturated heterocycles. The third-order valence-corrected chi connectivity index (χ3v) is 5.07. The summed E-state index contributed by atoms with van der Waals surface area (Å²) in [4.78, 5) is 0.0598. The summed E-state index contributed by atoms with van der Waals surface area (Å²) in [7, 11) is -3.76. The predicted octanol–water partition coefficient (Wildman–Crippen LogP) is 2.93. The van der Waals surface area contributed by atoms with Crippen molar-refractivity contribution in [1.82, 2.24) is 15.4 Å². The second kappa shape index (κ2) is 6.52. The fraction of sp³-hybridized carbons (Fsp3) is 0.188. The SMILES string of the molecule is Cc1ccc(Nc2ccc(NS(=O)(=O)c3c(C)noc3C)cc2)nn1. The molecule has 9 heteroatoms. The summed E-state index contributed by atoms with van der Waals surface area (Å²) in [5.41, 5.74) is 2.34. The van der Waals surface area contributed by atoms with E-state index in [1.165, 1.54) is 0 Å². The van der Waals surface area contributed by atoms with Crippen LogP contribution in [0.4, 0.5) is 17.2 Å². The van der Waals surface area contributed by atoms with Gasteiger partial charge in [-0.25, -0.2) is 8.42 Å². The summed E-state index contributed by atoms with van der Waals surface area (Å²) >= 11 is 0. The number of nitrogens with one attached hydrogen (secondary N) is 2. The van der Waals surface area contributed by atoms with Gasteiger partial charge >= 0.3 is 0 Å². The molecule has 0 bridgehead atoms. The maximum absolute atomic E-state index is 12.5. The zero-order valence-corrected chi connectivity index (χ0v) is 14.8. The predicted molar refractivity (Wildman–Crippen MR) is 93.3 cm³/mol. The highest BCUT2D eigenvalue weighted by Gasteiger charge is 2.24. The Morgan fingerprint density at radius 2 is 1.60 bits per heavy atom. The van der Waals surface area contributed by atoms with Crippen LogP contribution in [0.25, 0.3) is 0 Å². The lowest BCUT2D eigenvalue weighted by atomic mass is 10.3. The quantitative estimate of drug-likeness (QED) is 0.720. The van der Waals surface area contributed by atoms with Gasteiger partial charge in [0.1, 0.15) is 5.69 Å². The Bertz CT molecular complexity index is 960. The van der Waals surface area contributed by atoms with E-state index in [1.54, 1.807) is 38.1 Å². The molecule has 0 atom stereocenters. The normalized spacial score (nSPS) is 11.3. The molecule has 130 valence electrons. The van der Waals surface area contributed by atoms with Crippen LogP contribution in [0.2, 0.25) is 0 Å². The van der Waals surface area contributed by atoms with E-state index < -0.39 is 10.0 Å². The van der Waals surface area contributed by atoms with Crippen molar-refractivity contribution >= 4 is 27.2 Å². The van der Waals surface area contributed by atoms with Gasteiger partial charge in [0.05, 0.1) is 5.69 Å². The van der Waals surface area contributed by atoms with E-state index in [9.17, 15) is 8.42 Å². The molecule has 3 rings (SSSR count). The van der Waals surface area contributed by atoms with Crippen molar-refractivity contribution in [3.8, 4) is 0 Å². The number of aromatic nitrogens is 3. The van der Waals surface area contributed by atoms with Gasteiger partial charge in [-0.3, -0.25) is 4.72 Å². The number of benzene rings is 1. The topological polar surface area (TPSA) is 110 Å². The maximum Gasteiger partial charge on any atom is 0.267 e. The second-order valence-electron chi connectivity index (χ2n) is 5.52. The Hall–Kier alpha value is -2.94. The van der Waals surface area contributed by atoms with E-state index in [1.807, 2.05) is 19.1 Å². The smallest absolute Gasteiger partial charge is 0.267 e. The van der Waals surface area contributed by atoms with Gasteiger partial charge in [-0.1, -0.05) is 5.16 Å². The minimum Gasteiger partial charge on any atom is -0.360 e. The van der Waals surface area contributed by atoms with Crippen LogP contribution >= 0.6 is 0 Å². The summed E-state index contributed by atoms with van der Waals surface area (Å²) in [6.07, 6.45) is 0. The van der Waals surface area contributed by atoms with Crippen LogP contribution in [0.15, 0.2) is 45.8 Å². The lowest BCUT2D eigenvalue weighted by molar-refractivity contribution is 0.390. The Kier molecular flexibility index (Phi) is 4.41. The third kappa shape index (κ3) is 3.77. The minimum absolute atomic E-state index is 0.0598. The fourth-order valence-corrected chi connectivity index (χ4v) is 3.69.